The van der Waals surface area contributed by atoms with Gasteiger partial charge in [-0.05, 0) is 47.7 Å². The van der Waals surface area contributed by atoms with Gasteiger partial charge in [-0.2, -0.15) is 0 Å². The maximum atomic E-state index is 3.32. The number of nitrogens with one attached hydrogen (secondary N) is 1. The molecule has 0 aliphatic heterocycles. The summed E-state index contributed by atoms with van der Waals surface area (Å²) in [6.07, 6.45) is 2.63. The number of hydrogen-bond donors (Lipinski definition) is 1. The van der Waals surface area contributed by atoms with Crippen LogP contribution in [0.1, 0.15) is 52.5 Å². The van der Waals surface area contributed by atoms with Crippen LogP contribution >= 0.6 is 0 Å². The second-order valence-corrected chi connectivity index (χ2v) is 5.76. The van der Waals surface area contributed by atoms with Crippen LogP contribution in [0, 0.1) is 0 Å². The third-order valence-electron chi connectivity index (χ3n) is 4.81. The first kappa shape index (κ1) is 11.2. The molecule has 2 unspecified atom stereocenters. The predicted molar refractivity (Wildman–Crippen MR) is 78.6 cm³/mol. The van der Waals surface area contributed by atoms with E-state index in [2.05, 4.69) is 47.8 Å². The first-order valence-corrected chi connectivity index (χ1v) is 7.25. The highest BCUT2D eigenvalue weighted by atomic mass is 14.8. The molecule has 2 atom stereocenters. The van der Waals surface area contributed by atoms with Crippen molar-refractivity contribution in [1.82, 2.24) is 5.32 Å². The molecule has 3 aliphatic rings. The van der Waals surface area contributed by atoms with E-state index in [0.29, 0.717) is 11.8 Å². The smallest absolute Gasteiger partial charge is 0.0205 e. The Bertz CT molecular complexity index is 629. The highest BCUT2D eigenvalue weighted by Crippen LogP contribution is 2.53. The highest BCUT2D eigenvalue weighted by molar-refractivity contribution is 5.57. The molecule has 5 rings (SSSR count). The minimum Gasteiger partial charge on any atom is -0.316 e. The van der Waals surface area contributed by atoms with Crippen molar-refractivity contribution in [1.29, 1.82) is 0 Å². The van der Waals surface area contributed by atoms with E-state index >= 15 is 0 Å². The lowest BCUT2D eigenvalue weighted by Gasteiger charge is -2.41. The fourth-order valence-corrected chi connectivity index (χ4v) is 4.12. The van der Waals surface area contributed by atoms with E-state index in [1.165, 1.54) is 18.4 Å². The van der Waals surface area contributed by atoms with Crippen molar-refractivity contribution in [3.05, 3.63) is 70.3 Å². The molecular weight excluding hydrogens is 230 g/mol. The number of rotatable bonds is 2. The summed E-state index contributed by atoms with van der Waals surface area (Å²) < 4.78 is 0. The van der Waals surface area contributed by atoms with Crippen molar-refractivity contribution in [2.75, 3.05) is 7.05 Å². The van der Waals surface area contributed by atoms with Gasteiger partial charge in [-0.15, -0.1) is 0 Å². The highest BCUT2D eigenvalue weighted by Gasteiger charge is 2.37. The second-order valence-electron chi connectivity index (χ2n) is 5.76. The van der Waals surface area contributed by atoms with Gasteiger partial charge in [-0.1, -0.05) is 42.5 Å². The van der Waals surface area contributed by atoms with Crippen LogP contribution in [0.3, 0.4) is 0 Å². The third kappa shape index (κ3) is 1.51. The summed E-state index contributed by atoms with van der Waals surface area (Å²) in [5, 5.41) is 3.32. The van der Waals surface area contributed by atoms with Gasteiger partial charge in [-0.3, -0.25) is 0 Å². The van der Waals surface area contributed by atoms with Gasteiger partial charge in [0.1, 0.15) is 0 Å². The summed E-state index contributed by atoms with van der Waals surface area (Å²) in [5.74, 6) is 1.26. The summed E-state index contributed by atoms with van der Waals surface area (Å²) in [4.78, 5) is 0. The van der Waals surface area contributed by atoms with Gasteiger partial charge >= 0.3 is 0 Å². The minimum atomic E-state index is 0.626. The first-order chi connectivity index (χ1) is 9.40. The van der Waals surface area contributed by atoms with Gasteiger partial charge in [0.25, 0.3) is 0 Å². The van der Waals surface area contributed by atoms with Crippen LogP contribution in [-0.4, -0.2) is 7.05 Å². The molecule has 0 amide bonds. The van der Waals surface area contributed by atoms with Crippen molar-refractivity contribution in [3.63, 3.8) is 0 Å². The van der Waals surface area contributed by atoms with Gasteiger partial charge in [-0.25, -0.2) is 0 Å². The van der Waals surface area contributed by atoms with E-state index in [1.807, 2.05) is 7.05 Å². The van der Waals surface area contributed by atoms with E-state index in [-0.39, 0.29) is 0 Å². The topological polar surface area (TPSA) is 12.0 Å². The molecule has 19 heavy (non-hydrogen) atoms. The van der Waals surface area contributed by atoms with Crippen molar-refractivity contribution in [2.45, 2.75) is 31.2 Å². The molecule has 0 spiro atoms. The number of fused-ring (bicyclic) bond motifs is 1. The summed E-state index contributed by atoms with van der Waals surface area (Å²) in [6.45, 7) is 0.981. The zero-order valence-electron chi connectivity index (χ0n) is 11.3. The molecule has 1 nitrogen and oxygen atoms in total. The Morgan fingerprint density at radius 3 is 2.37 bits per heavy atom. The Hall–Kier alpha value is -1.60. The van der Waals surface area contributed by atoms with Gasteiger partial charge in [0.15, 0.2) is 0 Å². The van der Waals surface area contributed by atoms with Gasteiger partial charge < -0.3 is 5.32 Å². The lowest BCUT2D eigenvalue weighted by Crippen LogP contribution is -2.26. The predicted octanol–water partition coefficient (Wildman–Crippen LogP) is 3.78. The summed E-state index contributed by atoms with van der Waals surface area (Å²) in [7, 11) is 2.04. The standard InChI is InChI=1S/C18H19N/c1-19-11-12-5-4-8-16-15-9-10-17(18(12)16)14-7-3-2-6-13(14)15/h2-8,15,17,19H,9-11H2,1H3. The Morgan fingerprint density at radius 2 is 1.58 bits per heavy atom. The fraction of sp³-hybridized carbons (Fsp3) is 0.333. The van der Waals surface area contributed by atoms with E-state index in [0.717, 1.165) is 6.54 Å². The van der Waals surface area contributed by atoms with Gasteiger partial charge in [0, 0.05) is 18.4 Å². The van der Waals surface area contributed by atoms with Crippen LogP contribution in [-0.2, 0) is 6.54 Å². The van der Waals surface area contributed by atoms with Crippen molar-refractivity contribution >= 4 is 0 Å². The Balaban J connectivity index is 1.95. The van der Waals surface area contributed by atoms with Crippen LogP contribution in [0.5, 0.6) is 0 Å². The first-order valence-electron chi connectivity index (χ1n) is 7.25. The molecule has 96 valence electrons. The van der Waals surface area contributed by atoms with E-state index < -0.39 is 0 Å². The lowest BCUT2D eigenvalue weighted by atomic mass is 9.63. The summed E-state index contributed by atoms with van der Waals surface area (Å²) in [6, 6.07) is 15.9. The molecule has 1 N–H and O–H groups in total. The van der Waals surface area contributed by atoms with Gasteiger partial charge in [0.05, 0.1) is 0 Å². The Kier molecular flexibility index (Phi) is 2.49. The largest absolute Gasteiger partial charge is 0.316 e. The molecule has 2 bridgehead atoms. The molecule has 0 saturated heterocycles. The molecule has 0 fully saturated rings. The van der Waals surface area contributed by atoms with Crippen LogP contribution in [0.2, 0.25) is 0 Å². The van der Waals surface area contributed by atoms with Crippen molar-refractivity contribution in [3.8, 4) is 0 Å². The maximum Gasteiger partial charge on any atom is 0.0205 e. The molecule has 2 aromatic carbocycles. The van der Waals surface area contributed by atoms with Crippen LogP contribution in [0.25, 0.3) is 0 Å². The third-order valence-corrected chi connectivity index (χ3v) is 4.81. The average Bonchev–Trinajstić information content (AvgIpc) is 2.48. The molecule has 0 saturated carbocycles. The monoisotopic (exact) mass is 249 g/mol. The molecule has 0 radical (unpaired) electrons. The SMILES string of the molecule is CNCc1cccc2c1C1CCC2c2ccccc21. The molecule has 0 aromatic heterocycles. The van der Waals surface area contributed by atoms with Crippen molar-refractivity contribution in [2.24, 2.45) is 0 Å². The molecular formula is C18H19N. The number of benzene rings is 2. The zero-order valence-corrected chi connectivity index (χ0v) is 11.3. The van der Waals surface area contributed by atoms with Crippen LogP contribution < -0.4 is 5.32 Å². The molecule has 3 aliphatic carbocycles. The fourth-order valence-electron chi connectivity index (χ4n) is 4.12. The van der Waals surface area contributed by atoms with E-state index in [4.69, 9.17) is 0 Å². The van der Waals surface area contributed by atoms with Crippen LogP contribution in [0.4, 0.5) is 0 Å². The zero-order chi connectivity index (χ0) is 12.8. The summed E-state index contributed by atoms with van der Waals surface area (Å²) >= 11 is 0. The molecule has 2 aromatic rings. The van der Waals surface area contributed by atoms with Crippen molar-refractivity contribution < 1.29 is 0 Å². The minimum absolute atomic E-state index is 0.626. The Labute approximate surface area is 114 Å². The second kappa shape index (κ2) is 4.21. The average molecular weight is 249 g/mol. The lowest BCUT2D eigenvalue weighted by molar-refractivity contribution is 0.514. The quantitative estimate of drug-likeness (QED) is 0.854. The van der Waals surface area contributed by atoms with Crippen LogP contribution in [0.15, 0.2) is 42.5 Å². The summed E-state index contributed by atoms with van der Waals surface area (Å²) in [5.41, 5.74) is 7.85. The normalized spacial score (nSPS) is 23.0. The molecule has 1 heteroatoms. The van der Waals surface area contributed by atoms with E-state index in [1.54, 1.807) is 22.3 Å². The maximum absolute atomic E-state index is 3.32. The van der Waals surface area contributed by atoms with Gasteiger partial charge in [0.2, 0.25) is 0 Å². The Morgan fingerprint density at radius 1 is 0.895 bits per heavy atom. The molecule has 0 heterocycles. The van der Waals surface area contributed by atoms with E-state index in [9.17, 15) is 0 Å². The number of hydrogen-bond acceptors (Lipinski definition) is 1.